The summed E-state index contributed by atoms with van der Waals surface area (Å²) in [5.74, 6) is -0.806. The zero-order valence-electron chi connectivity index (χ0n) is 11.1. The summed E-state index contributed by atoms with van der Waals surface area (Å²) in [4.78, 5) is 12.7. The van der Waals surface area contributed by atoms with Gasteiger partial charge in [-0.3, -0.25) is 4.79 Å². The van der Waals surface area contributed by atoms with Crippen LogP contribution in [0.3, 0.4) is 0 Å². The van der Waals surface area contributed by atoms with Crippen molar-refractivity contribution < 1.29 is 15.0 Å². The van der Waals surface area contributed by atoms with Crippen LogP contribution >= 0.6 is 0 Å². The first-order chi connectivity index (χ1) is 9.09. The Balaban J connectivity index is 2.07. The van der Waals surface area contributed by atoms with Gasteiger partial charge in [-0.2, -0.15) is 0 Å². The van der Waals surface area contributed by atoms with Crippen LogP contribution in [0.25, 0.3) is 0 Å². The number of benzene rings is 1. The summed E-state index contributed by atoms with van der Waals surface area (Å²) in [6.07, 6.45) is 3.81. The highest BCUT2D eigenvalue weighted by Crippen LogP contribution is 2.31. The van der Waals surface area contributed by atoms with Crippen LogP contribution in [0.2, 0.25) is 0 Å². The molecule has 0 aliphatic heterocycles. The molecule has 0 unspecified atom stereocenters. The van der Waals surface area contributed by atoms with E-state index in [0.717, 1.165) is 31.4 Å². The maximum absolute atomic E-state index is 10.8. The summed E-state index contributed by atoms with van der Waals surface area (Å²) in [6, 6.07) is 9.72. The Morgan fingerprint density at radius 2 is 1.84 bits per heavy atom. The lowest BCUT2D eigenvalue weighted by Crippen LogP contribution is -2.42. The molecular formula is C15H21NO3. The Bertz CT molecular complexity index is 413. The molecule has 0 saturated heterocycles. The molecule has 0 heterocycles. The van der Waals surface area contributed by atoms with Crippen LogP contribution in [0.5, 0.6) is 0 Å². The SMILES string of the molecule is O=C(O)CCN(CC1(O)CCCC1)c1ccccc1. The fourth-order valence-electron chi connectivity index (χ4n) is 2.72. The normalized spacial score (nSPS) is 17.3. The van der Waals surface area contributed by atoms with Crippen molar-refractivity contribution in [1.82, 2.24) is 0 Å². The molecule has 1 aromatic carbocycles. The van der Waals surface area contributed by atoms with E-state index in [0.29, 0.717) is 13.1 Å². The number of nitrogens with zero attached hydrogens (tertiary/aromatic N) is 1. The number of hydrogen-bond donors (Lipinski definition) is 2. The molecule has 1 aromatic rings. The second kappa shape index (κ2) is 6.06. The average Bonchev–Trinajstić information content (AvgIpc) is 2.82. The molecule has 4 nitrogen and oxygen atoms in total. The van der Waals surface area contributed by atoms with Crippen LogP contribution in [0.1, 0.15) is 32.1 Å². The van der Waals surface area contributed by atoms with Crippen LogP contribution in [0.15, 0.2) is 30.3 Å². The van der Waals surface area contributed by atoms with Crippen LogP contribution in [0, 0.1) is 0 Å². The Kier molecular flexibility index (Phi) is 4.43. The third-order valence-corrected chi connectivity index (χ3v) is 3.74. The smallest absolute Gasteiger partial charge is 0.305 e. The minimum Gasteiger partial charge on any atom is -0.481 e. The molecule has 4 heteroatoms. The van der Waals surface area contributed by atoms with Crippen molar-refractivity contribution in [3.63, 3.8) is 0 Å². The molecule has 2 rings (SSSR count). The summed E-state index contributed by atoms with van der Waals surface area (Å²) in [5, 5.41) is 19.3. The van der Waals surface area contributed by atoms with Gasteiger partial charge in [0.2, 0.25) is 0 Å². The molecule has 104 valence electrons. The highest BCUT2D eigenvalue weighted by Gasteiger charge is 2.33. The minimum absolute atomic E-state index is 0.0883. The Labute approximate surface area is 113 Å². The standard InChI is InChI=1S/C15H21NO3/c17-14(18)8-11-16(13-6-2-1-3-7-13)12-15(19)9-4-5-10-15/h1-3,6-7,19H,4-5,8-12H2,(H,17,18). The summed E-state index contributed by atoms with van der Waals surface area (Å²) in [7, 11) is 0. The fourth-order valence-corrected chi connectivity index (χ4v) is 2.72. The third kappa shape index (κ3) is 3.96. The van der Waals surface area contributed by atoms with Crippen molar-refractivity contribution >= 4 is 11.7 Å². The lowest BCUT2D eigenvalue weighted by atomic mass is 10.0. The van der Waals surface area contributed by atoms with Crippen molar-refractivity contribution in [2.24, 2.45) is 0 Å². The number of aliphatic carboxylic acids is 1. The number of carboxylic acids is 1. The molecule has 1 aliphatic carbocycles. The molecule has 0 radical (unpaired) electrons. The monoisotopic (exact) mass is 263 g/mol. The Morgan fingerprint density at radius 3 is 2.42 bits per heavy atom. The molecule has 0 bridgehead atoms. The number of rotatable bonds is 6. The highest BCUT2D eigenvalue weighted by molar-refractivity contribution is 5.67. The summed E-state index contributed by atoms with van der Waals surface area (Å²) < 4.78 is 0. The van der Waals surface area contributed by atoms with E-state index < -0.39 is 11.6 Å². The molecule has 1 aliphatic rings. The quantitative estimate of drug-likeness (QED) is 0.826. The largest absolute Gasteiger partial charge is 0.481 e. The van der Waals surface area contributed by atoms with Crippen molar-refractivity contribution in [2.45, 2.75) is 37.7 Å². The molecule has 0 atom stereocenters. The van der Waals surface area contributed by atoms with Gasteiger partial charge in [-0.15, -0.1) is 0 Å². The number of anilines is 1. The average molecular weight is 263 g/mol. The number of para-hydroxylation sites is 1. The first-order valence-electron chi connectivity index (χ1n) is 6.83. The van der Waals surface area contributed by atoms with Gasteiger partial charge in [0, 0.05) is 18.8 Å². The molecule has 2 N–H and O–H groups in total. The zero-order valence-corrected chi connectivity index (χ0v) is 11.1. The van der Waals surface area contributed by atoms with Gasteiger partial charge in [-0.05, 0) is 25.0 Å². The van der Waals surface area contributed by atoms with E-state index in [9.17, 15) is 9.90 Å². The molecule has 19 heavy (non-hydrogen) atoms. The van der Waals surface area contributed by atoms with Gasteiger partial charge in [0.05, 0.1) is 12.0 Å². The van der Waals surface area contributed by atoms with Crippen molar-refractivity contribution in [2.75, 3.05) is 18.0 Å². The van der Waals surface area contributed by atoms with Gasteiger partial charge < -0.3 is 15.1 Å². The van der Waals surface area contributed by atoms with Crippen LogP contribution in [0.4, 0.5) is 5.69 Å². The first kappa shape index (κ1) is 13.9. The number of aliphatic hydroxyl groups is 1. The maximum Gasteiger partial charge on any atom is 0.305 e. The lowest BCUT2D eigenvalue weighted by molar-refractivity contribution is -0.136. The van der Waals surface area contributed by atoms with E-state index >= 15 is 0 Å². The van der Waals surface area contributed by atoms with Gasteiger partial charge in [-0.1, -0.05) is 31.0 Å². The predicted molar refractivity (Wildman–Crippen MR) is 74.3 cm³/mol. The van der Waals surface area contributed by atoms with Crippen molar-refractivity contribution in [3.8, 4) is 0 Å². The van der Waals surface area contributed by atoms with Gasteiger partial charge >= 0.3 is 5.97 Å². The van der Waals surface area contributed by atoms with Crippen molar-refractivity contribution in [1.29, 1.82) is 0 Å². The van der Waals surface area contributed by atoms with E-state index in [4.69, 9.17) is 5.11 Å². The predicted octanol–water partition coefficient (Wildman–Crippen LogP) is 2.27. The maximum atomic E-state index is 10.8. The summed E-state index contributed by atoms with van der Waals surface area (Å²) >= 11 is 0. The van der Waals surface area contributed by atoms with Crippen LogP contribution in [-0.4, -0.2) is 34.9 Å². The first-order valence-corrected chi connectivity index (χ1v) is 6.83. The molecule has 0 aromatic heterocycles. The van der Waals surface area contributed by atoms with E-state index in [1.54, 1.807) is 0 Å². The van der Waals surface area contributed by atoms with E-state index in [1.165, 1.54) is 0 Å². The third-order valence-electron chi connectivity index (χ3n) is 3.74. The number of hydrogen-bond acceptors (Lipinski definition) is 3. The lowest BCUT2D eigenvalue weighted by Gasteiger charge is -2.32. The minimum atomic E-state index is -0.806. The van der Waals surface area contributed by atoms with Gasteiger partial charge in [0.25, 0.3) is 0 Å². The fraction of sp³-hybridized carbons (Fsp3) is 0.533. The second-order valence-electron chi connectivity index (χ2n) is 5.33. The van der Waals surface area contributed by atoms with Gasteiger partial charge in [0.15, 0.2) is 0 Å². The molecular weight excluding hydrogens is 242 g/mol. The molecule has 0 amide bonds. The highest BCUT2D eigenvalue weighted by atomic mass is 16.4. The summed E-state index contributed by atoms with van der Waals surface area (Å²) in [6.45, 7) is 0.950. The van der Waals surface area contributed by atoms with Crippen LogP contribution in [-0.2, 0) is 4.79 Å². The molecule has 1 fully saturated rings. The van der Waals surface area contributed by atoms with E-state index in [-0.39, 0.29) is 6.42 Å². The van der Waals surface area contributed by atoms with Crippen molar-refractivity contribution in [3.05, 3.63) is 30.3 Å². The van der Waals surface area contributed by atoms with E-state index in [2.05, 4.69) is 0 Å². The van der Waals surface area contributed by atoms with Gasteiger partial charge in [-0.25, -0.2) is 0 Å². The van der Waals surface area contributed by atoms with E-state index in [1.807, 2.05) is 35.2 Å². The van der Waals surface area contributed by atoms with Gasteiger partial charge in [0.1, 0.15) is 0 Å². The Hall–Kier alpha value is -1.55. The topological polar surface area (TPSA) is 60.8 Å². The molecule has 1 saturated carbocycles. The number of carboxylic acid groups (broad SMARTS) is 1. The molecule has 0 spiro atoms. The zero-order chi connectivity index (χ0) is 13.7. The van der Waals surface area contributed by atoms with Crippen LogP contribution < -0.4 is 4.90 Å². The number of carbonyl (C=O) groups is 1. The Morgan fingerprint density at radius 1 is 1.21 bits per heavy atom. The second-order valence-corrected chi connectivity index (χ2v) is 5.33. The summed E-state index contributed by atoms with van der Waals surface area (Å²) in [5.41, 5.74) is 0.318.